The second-order valence-electron chi connectivity index (χ2n) is 10.5. The lowest BCUT2D eigenvalue weighted by atomic mass is 9.92. The van der Waals surface area contributed by atoms with Crippen molar-refractivity contribution in [1.82, 2.24) is 14.7 Å². The fourth-order valence-electron chi connectivity index (χ4n) is 6.24. The van der Waals surface area contributed by atoms with E-state index in [9.17, 15) is 9.18 Å². The number of aryl methyl sites for hydroxylation is 2. The number of benzene rings is 2. The summed E-state index contributed by atoms with van der Waals surface area (Å²) < 4.78 is 33.6. The standard InChI is InChI=1S/C30H32ClFN4O4/c1-4-38-22-9-6-20(7-10-22)35-26-12-5-19(28-17(2)34-40-18(28)3)15-25(26)33-29(35)27-13-14-39-30(37)36(27)21-8-11-23(31)24(32)16-21/h5,8,11-12,15-16,20,22,27H,4,6-7,9-10,13-14H2,1-3H3/t20-,22-,27?. The van der Waals surface area contributed by atoms with Crippen LogP contribution in [0.15, 0.2) is 40.9 Å². The van der Waals surface area contributed by atoms with Crippen LogP contribution in [0.4, 0.5) is 14.9 Å². The lowest BCUT2D eigenvalue weighted by Gasteiger charge is -2.37. The van der Waals surface area contributed by atoms with Gasteiger partial charge >= 0.3 is 6.09 Å². The lowest BCUT2D eigenvalue weighted by molar-refractivity contribution is 0.0270. The zero-order valence-corrected chi connectivity index (χ0v) is 23.6. The van der Waals surface area contributed by atoms with E-state index in [-0.39, 0.29) is 23.8 Å². The van der Waals surface area contributed by atoms with Crippen LogP contribution in [-0.4, -0.2) is 40.1 Å². The Hall–Kier alpha value is -3.43. The minimum Gasteiger partial charge on any atom is -0.449 e. The van der Waals surface area contributed by atoms with Crippen molar-refractivity contribution < 1.29 is 23.2 Å². The lowest BCUT2D eigenvalue weighted by Crippen LogP contribution is -2.42. The number of anilines is 1. The topological polar surface area (TPSA) is 82.6 Å². The first-order chi connectivity index (χ1) is 19.4. The molecule has 1 aliphatic heterocycles. The van der Waals surface area contributed by atoms with Crippen LogP contribution in [0.25, 0.3) is 22.2 Å². The number of hydrogen-bond donors (Lipinski definition) is 0. The van der Waals surface area contributed by atoms with Gasteiger partial charge in [0.25, 0.3) is 0 Å². The van der Waals surface area contributed by atoms with Gasteiger partial charge in [-0.2, -0.15) is 0 Å². The molecule has 1 saturated heterocycles. The van der Waals surface area contributed by atoms with Crippen molar-refractivity contribution in [2.24, 2.45) is 0 Å². The number of nitrogens with zero attached hydrogens (tertiary/aromatic N) is 4. The molecule has 0 radical (unpaired) electrons. The number of imidazole rings is 1. The number of amides is 1. The predicted octanol–water partition coefficient (Wildman–Crippen LogP) is 7.71. The maximum atomic E-state index is 14.5. The second-order valence-corrected chi connectivity index (χ2v) is 10.9. The van der Waals surface area contributed by atoms with Gasteiger partial charge in [-0.25, -0.2) is 14.2 Å². The number of halogens is 2. The van der Waals surface area contributed by atoms with Crippen LogP contribution < -0.4 is 4.90 Å². The monoisotopic (exact) mass is 566 g/mol. The summed E-state index contributed by atoms with van der Waals surface area (Å²) in [4.78, 5) is 19.8. The molecule has 1 atom stereocenters. The first-order valence-electron chi connectivity index (χ1n) is 13.8. The number of aromatic nitrogens is 3. The number of carbonyl (C=O) groups is 1. The van der Waals surface area contributed by atoms with Crippen molar-refractivity contribution in [2.45, 2.75) is 71.1 Å². The van der Waals surface area contributed by atoms with Gasteiger partial charge in [-0.15, -0.1) is 0 Å². The third-order valence-corrected chi connectivity index (χ3v) is 8.36. The molecule has 10 heteroatoms. The molecule has 1 aliphatic carbocycles. The van der Waals surface area contributed by atoms with Crippen molar-refractivity contribution in [2.75, 3.05) is 18.1 Å². The molecule has 0 spiro atoms. The van der Waals surface area contributed by atoms with Gasteiger partial charge in [0.15, 0.2) is 0 Å². The van der Waals surface area contributed by atoms with E-state index in [1.807, 2.05) is 20.8 Å². The quantitative estimate of drug-likeness (QED) is 0.238. The van der Waals surface area contributed by atoms with Crippen LogP contribution in [0.1, 0.15) is 68.4 Å². The van der Waals surface area contributed by atoms with Crippen LogP contribution in [0, 0.1) is 19.7 Å². The largest absolute Gasteiger partial charge is 0.449 e. The molecule has 40 heavy (non-hydrogen) atoms. The average Bonchev–Trinajstić information content (AvgIpc) is 3.49. The second kappa shape index (κ2) is 10.9. The number of hydrogen-bond acceptors (Lipinski definition) is 6. The molecule has 2 aromatic heterocycles. The van der Waals surface area contributed by atoms with Crippen LogP contribution in [0.2, 0.25) is 5.02 Å². The van der Waals surface area contributed by atoms with Gasteiger partial charge in [-0.1, -0.05) is 22.8 Å². The van der Waals surface area contributed by atoms with E-state index in [1.54, 1.807) is 6.07 Å². The van der Waals surface area contributed by atoms with E-state index in [2.05, 4.69) is 27.9 Å². The first kappa shape index (κ1) is 26.8. The fourth-order valence-corrected chi connectivity index (χ4v) is 6.36. The number of carbonyl (C=O) groups excluding carboxylic acids is 1. The number of ether oxygens (including phenoxy) is 2. The minimum atomic E-state index is -0.594. The van der Waals surface area contributed by atoms with Crippen molar-refractivity contribution in [3.63, 3.8) is 0 Å². The fraction of sp³-hybridized carbons (Fsp3) is 0.433. The Balaban J connectivity index is 1.48. The molecule has 210 valence electrons. The molecule has 2 aromatic carbocycles. The third kappa shape index (κ3) is 4.75. The van der Waals surface area contributed by atoms with E-state index >= 15 is 0 Å². The van der Waals surface area contributed by atoms with Crippen molar-refractivity contribution in [3.05, 3.63) is 64.5 Å². The van der Waals surface area contributed by atoms with Crippen LogP contribution in [0.3, 0.4) is 0 Å². The zero-order chi connectivity index (χ0) is 28.0. The van der Waals surface area contributed by atoms with Gasteiger partial charge < -0.3 is 18.6 Å². The van der Waals surface area contributed by atoms with E-state index < -0.39 is 18.0 Å². The first-order valence-corrected chi connectivity index (χ1v) is 14.2. The highest BCUT2D eigenvalue weighted by molar-refractivity contribution is 6.30. The summed E-state index contributed by atoms with van der Waals surface area (Å²) in [6.45, 7) is 6.81. The summed E-state index contributed by atoms with van der Waals surface area (Å²) in [5.74, 6) is 0.914. The highest BCUT2D eigenvalue weighted by Crippen LogP contribution is 2.41. The normalized spacial score (nSPS) is 21.7. The molecular formula is C30H32ClFN4O4. The Bertz CT molecular complexity index is 1540. The number of rotatable bonds is 6. The number of fused-ring (bicyclic) bond motifs is 1. The van der Waals surface area contributed by atoms with Crippen molar-refractivity contribution in [3.8, 4) is 11.1 Å². The zero-order valence-electron chi connectivity index (χ0n) is 22.8. The summed E-state index contributed by atoms with van der Waals surface area (Å²) >= 11 is 5.96. The molecule has 0 N–H and O–H groups in total. The van der Waals surface area contributed by atoms with Gasteiger partial charge in [-0.3, -0.25) is 4.90 Å². The Morgan fingerprint density at radius 3 is 2.60 bits per heavy atom. The Morgan fingerprint density at radius 2 is 1.90 bits per heavy atom. The summed E-state index contributed by atoms with van der Waals surface area (Å²) in [7, 11) is 0. The summed E-state index contributed by atoms with van der Waals surface area (Å²) in [5, 5.41) is 4.12. The minimum absolute atomic E-state index is 0.00386. The van der Waals surface area contributed by atoms with Gasteiger partial charge in [-0.05, 0) is 82.3 Å². The van der Waals surface area contributed by atoms with Gasteiger partial charge in [0.2, 0.25) is 0 Å². The molecule has 0 bridgehead atoms. The summed E-state index contributed by atoms with van der Waals surface area (Å²) in [5.41, 5.74) is 4.94. The molecule has 3 heterocycles. The molecule has 1 amide bonds. The smallest absolute Gasteiger partial charge is 0.414 e. The van der Waals surface area contributed by atoms with Crippen LogP contribution in [-0.2, 0) is 9.47 Å². The molecule has 2 aliphatic rings. The number of cyclic esters (lactones) is 1. The van der Waals surface area contributed by atoms with Gasteiger partial charge in [0.1, 0.15) is 23.4 Å². The molecule has 4 aromatic rings. The maximum absolute atomic E-state index is 14.5. The summed E-state index contributed by atoms with van der Waals surface area (Å²) in [6.07, 6.45) is 4.01. The van der Waals surface area contributed by atoms with Crippen LogP contribution >= 0.6 is 11.6 Å². The maximum Gasteiger partial charge on any atom is 0.414 e. The highest BCUT2D eigenvalue weighted by atomic mass is 35.5. The van der Waals surface area contributed by atoms with E-state index in [1.165, 1.54) is 17.0 Å². The van der Waals surface area contributed by atoms with E-state index in [4.69, 9.17) is 30.6 Å². The molecule has 2 fully saturated rings. The Labute approximate surface area is 237 Å². The highest BCUT2D eigenvalue weighted by Gasteiger charge is 2.38. The molecular weight excluding hydrogens is 535 g/mol. The average molecular weight is 567 g/mol. The SMILES string of the molecule is CCO[C@H]1CC[C@H](n2c(C3CCOC(=O)N3c3ccc(Cl)c(F)c3)nc3cc(-c4c(C)noc4C)ccc32)CC1. The van der Waals surface area contributed by atoms with Crippen molar-refractivity contribution in [1.29, 1.82) is 0 Å². The van der Waals surface area contributed by atoms with Crippen molar-refractivity contribution >= 4 is 34.4 Å². The van der Waals surface area contributed by atoms with Gasteiger partial charge in [0, 0.05) is 24.6 Å². The van der Waals surface area contributed by atoms with E-state index in [0.717, 1.165) is 65.1 Å². The Kier molecular flexibility index (Phi) is 7.27. The molecule has 1 unspecified atom stereocenters. The molecule has 8 nitrogen and oxygen atoms in total. The molecule has 1 saturated carbocycles. The molecule has 6 rings (SSSR count). The predicted molar refractivity (Wildman–Crippen MR) is 150 cm³/mol. The Morgan fingerprint density at radius 1 is 1.10 bits per heavy atom. The van der Waals surface area contributed by atoms with Gasteiger partial charge in [0.05, 0.1) is 40.1 Å². The summed E-state index contributed by atoms with van der Waals surface area (Å²) in [6, 6.07) is 10.3. The van der Waals surface area contributed by atoms with Crippen LogP contribution in [0.5, 0.6) is 0 Å². The van der Waals surface area contributed by atoms with E-state index in [0.29, 0.717) is 18.7 Å². The third-order valence-electron chi connectivity index (χ3n) is 8.05.